The second-order valence-electron chi connectivity index (χ2n) is 8.64. The third-order valence-corrected chi connectivity index (χ3v) is 6.96. The van der Waals surface area contributed by atoms with Gasteiger partial charge in [0.05, 0.1) is 11.6 Å². The van der Waals surface area contributed by atoms with Crippen molar-refractivity contribution in [2.75, 3.05) is 45.2 Å². The second-order valence-corrected chi connectivity index (χ2v) is 8.64. The van der Waals surface area contributed by atoms with Crippen molar-refractivity contribution in [3.05, 3.63) is 66.0 Å². The highest BCUT2D eigenvalue weighted by Crippen LogP contribution is 2.39. The maximum absolute atomic E-state index is 13.5. The average molecular weight is 398 g/mol. The molecule has 156 valence electrons. The van der Waals surface area contributed by atoms with Crippen molar-refractivity contribution in [2.24, 2.45) is 0 Å². The number of benzene rings is 2. The summed E-state index contributed by atoms with van der Waals surface area (Å²) in [5.74, 6) is -0.176. The van der Waals surface area contributed by atoms with Crippen LogP contribution in [0.15, 0.2) is 54.6 Å². The van der Waals surface area contributed by atoms with Gasteiger partial charge in [-0.1, -0.05) is 36.4 Å². The van der Waals surface area contributed by atoms with Gasteiger partial charge in [0, 0.05) is 37.9 Å². The number of nitrogens with zero attached hydrogens (tertiary/aromatic N) is 3. The lowest BCUT2D eigenvalue weighted by atomic mass is 9.77. The highest BCUT2D eigenvalue weighted by atomic mass is 19.1. The largest absolute Gasteiger partial charge is 0.389 e. The Labute approximate surface area is 173 Å². The Morgan fingerprint density at radius 1 is 1.00 bits per heavy atom. The third-order valence-electron chi connectivity index (χ3n) is 6.96. The number of hydrogen-bond donors (Lipinski definition) is 1. The van der Waals surface area contributed by atoms with E-state index in [2.05, 4.69) is 53.1 Å². The van der Waals surface area contributed by atoms with Crippen LogP contribution in [0, 0.1) is 5.82 Å². The first-order valence-electron chi connectivity index (χ1n) is 10.7. The first-order valence-corrected chi connectivity index (χ1v) is 10.7. The normalized spacial score (nSPS) is 26.8. The van der Waals surface area contributed by atoms with Gasteiger partial charge in [-0.3, -0.25) is 9.80 Å². The number of halogens is 1. The molecule has 2 fully saturated rings. The van der Waals surface area contributed by atoms with E-state index in [0.717, 1.165) is 44.6 Å². The van der Waals surface area contributed by atoms with Crippen molar-refractivity contribution in [3.8, 4) is 0 Å². The van der Waals surface area contributed by atoms with Gasteiger partial charge in [0.2, 0.25) is 0 Å². The number of aliphatic hydroxyl groups excluding tert-OH is 1. The monoisotopic (exact) mass is 397 g/mol. The summed E-state index contributed by atoms with van der Waals surface area (Å²) in [6.07, 6.45) is 2.57. The number of β-amino-alcohol motifs (C(OH)–C–C–N with tert-alkyl or cyclic N) is 1. The number of aliphatic hydroxyl groups is 1. The van der Waals surface area contributed by atoms with E-state index in [0.29, 0.717) is 12.6 Å². The SMILES string of the molecule is CN(C)[C@]1(c2ccccc2)CCN(C2CCN(c3cccc(F)c3)CC2)C[C@H]1O. The molecule has 0 radical (unpaired) electrons. The predicted octanol–water partition coefficient (Wildman–Crippen LogP) is 3.32. The zero-order chi connectivity index (χ0) is 20.4. The quantitative estimate of drug-likeness (QED) is 0.857. The summed E-state index contributed by atoms with van der Waals surface area (Å²) in [4.78, 5) is 6.93. The summed E-state index contributed by atoms with van der Waals surface area (Å²) < 4.78 is 13.5. The van der Waals surface area contributed by atoms with Gasteiger partial charge >= 0.3 is 0 Å². The van der Waals surface area contributed by atoms with Crippen molar-refractivity contribution in [1.29, 1.82) is 0 Å². The first kappa shape index (κ1) is 20.3. The Balaban J connectivity index is 1.41. The van der Waals surface area contributed by atoms with Gasteiger partial charge in [-0.05, 0) is 57.1 Å². The molecule has 1 N–H and O–H groups in total. The van der Waals surface area contributed by atoms with Gasteiger partial charge in [-0.2, -0.15) is 0 Å². The number of piperidine rings is 2. The van der Waals surface area contributed by atoms with Gasteiger partial charge in [-0.25, -0.2) is 4.39 Å². The van der Waals surface area contributed by atoms with Crippen LogP contribution in [0.2, 0.25) is 0 Å². The summed E-state index contributed by atoms with van der Waals surface area (Å²) in [5.41, 5.74) is 1.83. The fraction of sp³-hybridized carbons (Fsp3) is 0.500. The van der Waals surface area contributed by atoms with E-state index in [1.807, 2.05) is 12.1 Å². The Kier molecular flexibility index (Phi) is 5.91. The van der Waals surface area contributed by atoms with E-state index in [-0.39, 0.29) is 11.4 Å². The van der Waals surface area contributed by atoms with Gasteiger partial charge in [0.15, 0.2) is 0 Å². The summed E-state index contributed by atoms with van der Waals surface area (Å²) in [7, 11) is 4.15. The minimum Gasteiger partial charge on any atom is -0.389 e. The van der Waals surface area contributed by atoms with Crippen LogP contribution in [-0.2, 0) is 5.54 Å². The van der Waals surface area contributed by atoms with E-state index in [1.54, 1.807) is 12.1 Å². The molecule has 0 bridgehead atoms. The fourth-order valence-electron chi connectivity index (χ4n) is 5.28. The van der Waals surface area contributed by atoms with Crippen molar-refractivity contribution in [3.63, 3.8) is 0 Å². The van der Waals surface area contributed by atoms with E-state index < -0.39 is 6.10 Å². The molecule has 0 aromatic heterocycles. The predicted molar refractivity (Wildman–Crippen MR) is 116 cm³/mol. The molecular weight excluding hydrogens is 365 g/mol. The molecule has 2 aliphatic rings. The molecule has 2 aromatic rings. The van der Waals surface area contributed by atoms with E-state index in [4.69, 9.17) is 0 Å². The Morgan fingerprint density at radius 3 is 2.34 bits per heavy atom. The maximum Gasteiger partial charge on any atom is 0.125 e. The molecule has 29 heavy (non-hydrogen) atoms. The van der Waals surface area contributed by atoms with Crippen LogP contribution in [0.3, 0.4) is 0 Å². The zero-order valence-corrected chi connectivity index (χ0v) is 17.5. The summed E-state index contributed by atoms with van der Waals surface area (Å²) in [5, 5.41) is 11.3. The van der Waals surface area contributed by atoms with E-state index >= 15 is 0 Å². The van der Waals surface area contributed by atoms with Crippen LogP contribution in [-0.4, -0.2) is 67.3 Å². The molecule has 0 saturated carbocycles. The summed E-state index contributed by atoms with van der Waals surface area (Å²) in [6, 6.07) is 17.8. The van der Waals surface area contributed by atoms with Crippen LogP contribution >= 0.6 is 0 Å². The maximum atomic E-state index is 13.5. The molecule has 0 amide bonds. The van der Waals surface area contributed by atoms with Gasteiger partial charge < -0.3 is 10.0 Å². The molecule has 2 saturated heterocycles. The minimum atomic E-state index is -0.435. The Bertz CT molecular complexity index is 807. The number of hydrogen-bond acceptors (Lipinski definition) is 4. The standard InChI is InChI=1S/C24H32FN3O/c1-26(2)24(19-7-4-3-5-8-19)13-16-28(18-23(24)29)21-11-14-27(15-12-21)22-10-6-9-20(25)17-22/h3-10,17,21,23,29H,11-16,18H2,1-2H3/t23-,24+/m1/s1. The zero-order valence-electron chi connectivity index (χ0n) is 17.5. The molecule has 2 heterocycles. The Morgan fingerprint density at radius 2 is 1.72 bits per heavy atom. The molecule has 0 aliphatic carbocycles. The van der Waals surface area contributed by atoms with Crippen LogP contribution in [0.25, 0.3) is 0 Å². The molecule has 5 heteroatoms. The molecule has 0 spiro atoms. The number of likely N-dealkylation sites (N-methyl/N-ethyl adjacent to an activating group) is 1. The topological polar surface area (TPSA) is 30.0 Å². The number of rotatable bonds is 4. The van der Waals surface area contributed by atoms with Gasteiger partial charge in [0.25, 0.3) is 0 Å². The highest BCUT2D eigenvalue weighted by molar-refractivity contribution is 5.46. The summed E-state index contributed by atoms with van der Waals surface area (Å²) in [6.45, 7) is 3.53. The minimum absolute atomic E-state index is 0.176. The molecule has 4 nitrogen and oxygen atoms in total. The average Bonchev–Trinajstić information content (AvgIpc) is 2.74. The number of anilines is 1. The molecular formula is C24H32FN3O. The lowest BCUT2D eigenvalue weighted by Gasteiger charge is -2.52. The summed E-state index contributed by atoms with van der Waals surface area (Å²) >= 11 is 0. The Hall–Kier alpha value is -1.95. The van der Waals surface area contributed by atoms with Crippen LogP contribution in [0.1, 0.15) is 24.8 Å². The second kappa shape index (κ2) is 8.42. The van der Waals surface area contributed by atoms with E-state index in [9.17, 15) is 9.50 Å². The van der Waals surface area contributed by atoms with Crippen LogP contribution < -0.4 is 4.90 Å². The smallest absolute Gasteiger partial charge is 0.125 e. The van der Waals surface area contributed by atoms with Crippen molar-refractivity contribution in [1.82, 2.24) is 9.80 Å². The van der Waals surface area contributed by atoms with Crippen molar-refractivity contribution in [2.45, 2.75) is 36.9 Å². The molecule has 0 unspecified atom stereocenters. The molecule has 4 rings (SSSR count). The molecule has 2 atom stereocenters. The third kappa shape index (κ3) is 3.91. The highest BCUT2D eigenvalue weighted by Gasteiger charge is 2.46. The first-order chi connectivity index (χ1) is 14.0. The fourth-order valence-corrected chi connectivity index (χ4v) is 5.28. The van der Waals surface area contributed by atoms with Crippen molar-refractivity contribution < 1.29 is 9.50 Å². The van der Waals surface area contributed by atoms with E-state index in [1.165, 1.54) is 11.6 Å². The van der Waals surface area contributed by atoms with Gasteiger partial charge in [0.1, 0.15) is 5.82 Å². The lowest BCUT2D eigenvalue weighted by molar-refractivity contribution is -0.0797. The van der Waals surface area contributed by atoms with Crippen LogP contribution in [0.5, 0.6) is 0 Å². The molecule has 2 aromatic carbocycles. The number of likely N-dealkylation sites (tertiary alicyclic amines) is 1. The van der Waals surface area contributed by atoms with Crippen molar-refractivity contribution >= 4 is 5.69 Å². The van der Waals surface area contributed by atoms with Gasteiger partial charge in [-0.15, -0.1) is 0 Å². The van der Waals surface area contributed by atoms with Crippen LogP contribution in [0.4, 0.5) is 10.1 Å². The lowest BCUT2D eigenvalue weighted by Crippen LogP contribution is -2.62. The molecule has 2 aliphatic heterocycles.